The van der Waals surface area contributed by atoms with Crippen LogP contribution in [-0.2, 0) is 4.84 Å². The molecule has 0 aliphatic rings. The number of hydrogen-bond acceptors (Lipinski definition) is 2. The summed E-state index contributed by atoms with van der Waals surface area (Å²) < 4.78 is 0. The minimum absolute atomic E-state index is 0. The average Bonchev–Trinajstić information content (AvgIpc) is 1.91. The summed E-state index contributed by atoms with van der Waals surface area (Å²) in [5.74, 6) is 0. The first-order chi connectivity index (χ1) is 4.43. The van der Waals surface area contributed by atoms with Crippen molar-refractivity contribution in [3.05, 3.63) is 30.3 Å². The van der Waals surface area contributed by atoms with Crippen molar-refractivity contribution in [1.29, 1.82) is 0 Å². The van der Waals surface area contributed by atoms with Gasteiger partial charge in [-0.3, -0.25) is 10.3 Å². The van der Waals surface area contributed by atoms with Gasteiger partial charge in [0, 0.05) is 0 Å². The van der Waals surface area contributed by atoms with Gasteiger partial charge in [0.2, 0.25) is 0 Å². The van der Waals surface area contributed by atoms with Crippen molar-refractivity contribution in [2.24, 2.45) is 0 Å². The maximum atomic E-state index is 4.68. The third kappa shape index (κ3) is 3.22. The summed E-state index contributed by atoms with van der Waals surface area (Å²) in [6, 6.07) is 9.72. The van der Waals surface area contributed by atoms with Crippen LogP contribution in [0.3, 0.4) is 0 Å². The molecule has 0 radical (unpaired) electrons. The van der Waals surface area contributed by atoms with Gasteiger partial charge >= 0.3 is 29.6 Å². The summed E-state index contributed by atoms with van der Waals surface area (Å²) in [4.78, 5) is 4.68. The number of benzene rings is 1. The van der Waals surface area contributed by atoms with Gasteiger partial charge in [0.05, 0.1) is 12.8 Å². The normalized spacial score (nSPS) is 8.10. The van der Waals surface area contributed by atoms with E-state index in [1.165, 1.54) is 0 Å². The summed E-state index contributed by atoms with van der Waals surface area (Å²) in [5.41, 5.74) is 3.68. The van der Waals surface area contributed by atoms with Crippen LogP contribution in [0.2, 0.25) is 0 Å². The third-order valence-electron chi connectivity index (χ3n) is 0.994. The van der Waals surface area contributed by atoms with Crippen molar-refractivity contribution < 1.29 is 4.84 Å². The Labute approximate surface area is 82.8 Å². The molecule has 0 aliphatic heterocycles. The molecule has 0 fully saturated rings. The molecule has 3 heteroatoms. The van der Waals surface area contributed by atoms with Crippen LogP contribution < -0.4 is 5.48 Å². The number of hydrogen-bond donors (Lipinski definition) is 1. The van der Waals surface area contributed by atoms with Gasteiger partial charge in [0.15, 0.2) is 0 Å². The Bertz CT molecular complexity index is 167. The van der Waals surface area contributed by atoms with E-state index in [1.54, 1.807) is 7.11 Å². The summed E-state index contributed by atoms with van der Waals surface area (Å²) in [6.45, 7) is 0. The molecule has 1 rings (SSSR count). The topological polar surface area (TPSA) is 21.3 Å². The molecule has 0 aliphatic carbocycles. The van der Waals surface area contributed by atoms with E-state index in [4.69, 9.17) is 0 Å². The molecule has 1 aromatic carbocycles. The van der Waals surface area contributed by atoms with E-state index in [-0.39, 0.29) is 29.6 Å². The van der Waals surface area contributed by atoms with Crippen molar-refractivity contribution in [3.63, 3.8) is 0 Å². The van der Waals surface area contributed by atoms with Gasteiger partial charge in [-0.1, -0.05) is 18.2 Å². The SMILES string of the molecule is CONc1ccccc1.[NaH]. The van der Waals surface area contributed by atoms with Crippen LogP contribution in [0.1, 0.15) is 0 Å². The van der Waals surface area contributed by atoms with Gasteiger partial charge < -0.3 is 0 Å². The van der Waals surface area contributed by atoms with Crippen LogP contribution in [0.5, 0.6) is 0 Å². The summed E-state index contributed by atoms with van der Waals surface area (Å²) in [7, 11) is 1.59. The zero-order chi connectivity index (χ0) is 6.53. The Morgan fingerprint density at radius 2 is 1.80 bits per heavy atom. The number of rotatable bonds is 2. The number of anilines is 1. The van der Waals surface area contributed by atoms with Crippen molar-refractivity contribution in [2.75, 3.05) is 12.6 Å². The Kier molecular flexibility index (Phi) is 5.73. The van der Waals surface area contributed by atoms with Crippen LogP contribution in [0.4, 0.5) is 5.69 Å². The molecule has 0 saturated carbocycles. The maximum absolute atomic E-state index is 4.68. The molecule has 0 heterocycles. The number of nitrogens with one attached hydrogen (secondary N) is 1. The summed E-state index contributed by atoms with van der Waals surface area (Å²) in [6.07, 6.45) is 0. The summed E-state index contributed by atoms with van der Waals surface area (Å²) in [5, 5.41) is 0. The first-order valence-electron chi connectivity index (χ1n) is 2.77. The second-order valence-corrected chi connectivity index (χ2v) is 1.67. The molecule has 50 valence electrons. The predicted molar refractivity (Wildman–Crippen MR) is 44.2 cm³/mol. The second kappa shape index (κ2) is 5.74. The third-order valence-corrected chi connectivity index (χ3v) is 0.994. The molecule has 0 saturated heterocycles. The molecule has 1 N–H and O–H groups in total. The zero-order valence-corrected chi connectivity index (χ0v) is 5.29. The zero-order valence-electron chi connectivity index (χ0n) is 5.29. The fourth-order valence-electron chi connectivity index (χ4n) is 0.624. The predicted octanol–water partition coefficient (Wildman–Crippen LogP) is 1.01. The average molecular weight is 147 g/mol. The van der Waals surface area contributed by atoms with Crippen molar-refractivity contribution in [1.82, 2.24) is 0 Å². The van der Waals surface area contributed by atoms with Gasteiger partial charge in [-0.15, -0.1) is 0 Å². The fraction of sp³-hybridized carbons (Fsp3) is 0.143. The van der Waals surface area contributed by atoms with Gasteiger partial charge in [-0.25, -0.2) is 0 Å². The van der Waals surface area contributed by atoms with Gasteiger partial charge in [0.1, 0.15) is 0 Å². The van der Waals surface area contributed by atoms with Gasteiger partial charge in [-0.2, -0.15) is 0 Å². The van der Waals surface area contributed by atoms with Gasteiger partial charge in [-0.05, 0) is 12.1 Å². The molecule has 0 spiro atoms. The standard InChI is InChI=1S/C7H9NO.Na.H/c1-9-8-7-5-3-2-4-6-7;;/h2-6,8H,1H3;;. The molecule has 0 bridgehead atoms. The molecule has 0 atom stereocenters. The van der Waals surface area contributed by atoms with Crippen LogP contribution in [0.25, 0.3) is 0 Å². The quantitative estimate of drug-likeness (QED) is 0.498. The van der Waals surface area contributed by atoms with E-state index in [1.807, 2.05) is 30.3 Å². The fourth-order valence-corrected chi connectivity index (χ4v) is 0.624. The van der Waals surface area contributed by atoms with Crippen molar-refractivity contribution >= 4 is 35.2 Å². The Hall–Kier alpha value is -0.0200. The van der Waals surface area contributed by atoms with Crippen molar-refractivity contribution in [2.45, 2.75) is 0 Å². The molecular formula is C7H10NNaO. The van der Waals surface area contributed by atoms with Gasteiger partial charge in [0.25, 0.3) is 0 Å². The van der Waals surface area contributed by atoms with E-state index in [9.17, 15) is 0 Å². The molecule has 1 aromatic rings. The second-order valence-electron chi connectivity index (χ2n) is 1.67. The molecule has 10 heavy (non-hydrogen) atoms. The van der Waals surface area contributed by atoms with E-state index in [0.29, 0.717) is 0 Å². The molecule has 0 unspecified atom stereocenters. The van der Waals surface area contributed by atoms with E-state index in [2.05, 4.69) is 10.3 Å². The molecule has 0 aromatic heterocycles. The van der Waals surface area contributed by atoms with Crippen LogP contribution in [0, 0.1) is 0 Å². The van der Waals surface area contributed by atoms with E-state index < -0.39 is 0 Å². The number of para-hydroxylation sites is 1. The molecule has 2 nitrogen and oxygen atoms in total. The Morgan fingerprint density at radius 1 is 1.20 bits per heavy atom. The van der Waals surface area contributed by atoms with E-state index >= 15 is 0 Å². The van der Waals surface area contributed by atoms with Crippen molar-refractivity contribution in [3.8, 4) is 0 Å². The Balaban J connectivity index is 0.000000810. The van der Waals surface area contributed by atoms with Crippen LogP contribution in [-0.4, -0.2) is 36.7 Å². The van der Waals surface area contributed by atoms with E-state index in [0.717, 1.165) is 5.69 Å². The van der Waals surface area contributed by atoms with Crippen LogP contribution >= 0.6 is 0 Å². The van der Waals surface area contributed by atoms with Crippen LogP contribution in [0.15, 0.2) is 30.3 Å². The molecule has 0 amide bonds. The first-order valence-corrected chi connectivity index (χ1v) is 2.77. The minimum atomic E-state index is 0. The monoisotopic (exact) mass is 147 g/mol. The first kappa shape index (κ1) is 9.98. The Morgan fingerprint density at radius 3 is 2.30 bits per heavy atom. The summed E-state index contributed by atoms with van der Waals surface area (Å²) >= 11 is 0. The molecular weight excluding hydrogens is 137 g/mol.